The Morgan fingerprint density at radius 2 is 1.62 bits per heavy atom. The fourth-order valence-corrected chi connectivity index (χ4v) is 2.57. The predicted octanol–water partition coefficient (Wildman–Crippen LogP) is 4.79. The van der Waals surface area contributed by atoms with Crippen LogP contribution in [0.15, 0.2) is 53.4 Å². The third kappa shape index (κ3) is 5.39. The first kappa shape index (κ1) is 18.6. The lowest BCUT2D eigenvalue weighted by molar-refractivity contribution is 0.102. The van der Waals surface area contributed by atoms with Gasteiger partial charge in [-0.1, -0.05) is 26.0 Å². The molecule has 3 nitrogen and oxygen atoms in total. The molecular weight excluding hydrogens is 316 g/mol. The van der Waals surface area contributed by atoms with Gasteiger partial charge in [-0.15, -0.1) is 11.8 Å². The van der Waals surface area contributed by atoms with Crippen LogP contribution in [-0.4, -0.2) is 18.2 Å². The third-order valence-electron chi connectivity index (χ3n) is 4.19. The fourth-order valence-electron chi connectivity index (χ4n) is 2.17. The van der Waals surface area contributed by atoms with Gasteiger partial charge in [0.05, 0.1) is 0 Å². The quantitative estimate of drug-likeness (QED) is 0.711. The molecule has 0 radical (unpaired) electrons. The first-order chi connectivity index (χ1) is 11.5. The maximum absolute atomic E-state index is 12.3. The van der Waals surface area contributed by atoms with Gasteiger partial charge in [-0.25, -0.2) is 0 Å². The summed E-state index contributed by atoms with van der Waals surface area (Å²) < 4.78 is 0. The summed E-state index contributed by atoms with van der Waals surface area (Å²) in [6.45, 7) is 7.45. The molecule has 0 fully saturated rings. The van der Waals surface area contributed by atoms with Gasteiger partial charge >= 0.3 is 0 Å². The van der Waals surface area contributed by atoms with Crippen molar-refractivity contribution in [3.8, 4) is 0 Å². The monoisotopic (exact) mass is 342 g/mol. The van der Waals surface area contributed by atoms with Gasteiger partial charge in [0.2, 0.25) is 0 Å². The van der Waals surface area contributed by atoms with E-state index in [4.69, 9.17) is 0 Å². The summed E-state index contributed by atoms with van der Waals surface area (Å²) in [4.78, 5) is 13.4. The Morgan fingerprint density at radius 1 is 1.00 bits per heavy atom. The summed E-state index contributed by atoms with van der Waals surface area (Å²) in [5.74, 6) is 0.531. The van der Waals surface area contributed by atoms with Crippen LogP contribution in [0.2, 0.25) is 0 Å². The molecule has 0 heterocycles. The number of amides is 1. The first-order valence-corrected chi connectivity index (χ1v) is 9.50. The zero-order valence-electron chi connectivity index (χ0n) is 14.8. The number of thioether (sulfide) groups is 1. The molecule has 0 saturated carbocycles. The number of hydrogen-bond donors (Lipinski definition) is 2. The van der Waals surface area contributed by atoms with Gasteiger partial charge in [-0.2, -0.15) is 0 Å². The lowest BCUT2D eigenvalue weighted by atomic mass is 10.1. The number of carbonyl (C=O) groups is 1. The molecule has 0 aliphatic carbocycles. The first-order valence-electron chi connectivity index (χ1n) is 8.27. The number of benzene rings is 2. The number of nitrogens with one attached hydrogen (secondary N) is 2. The van der Waals surface area contributed by atoms with Crippen molar-refractivity contribution >= 4 is 23.4 Å². The molecule has 24 heavy (non-hydrogen) atoms. The zero-order valence-corrected chi connectivity index (χ0v) is 15.6. The lowest BCUT2D eigenvalue weighted by Gasteiger charge is -2.17. The second-order valence-electron chi connectivity index (χ2n) is 6.29. The molecule has 0 aliphatic heterocycles. The van der Waals surface area contributed by atoms with Crippen LogP contribution in [0, 0.1) is 5.92 Å². The average molecular weight is 343 g/mol. The summed E-state index contributed by atoms with van der Waals surface area (Å²) in [6, 6.07) is 16.1. The summed E-state index contributed by atoms with van der Waals surface area (Å²) in [7, 11) is 0. The molecule has 0 saturated heterocycles. The summed E-state index contributed by atoms with van der Waals surface area (Å²) in [6.07, 6.45) is 2.02. The Bertz CT molecular complexity index is 650. The summed E-state index contributed by atoms with van der Waals surface area (Å²) in [5, 5.41) is 6.45. The standard InChI is InChI=1S/C20H26N2OS/c1-14(2)15(3)21-13-16-5-9-18(10-6-16)22-20(23)17-7-11-19(24-4)12-8-17/h5-12,14-15,21H,13H2,1-4H3,(H,22,23). The smallest absolute Gasteiger partial charge is 0.255 e. The van der Waals surface area contributed by atoms with Crippen molar-refractivity contribution in [1.29, 1.82) is 0 Å². The van der Waals surface area contributed by atoms with Crippen molar-refractivity contribution in [1.82, 2.24) is 5.32 Å². The van der Waals surface area contributed by atoms with Gasteiger partial charge in [-0.05, 0) is 61.1 Å². The lowest BCUT2D eigenvalue weighted by Crippen LogP contribution is -2.30. The van der Waals surface area contributed by atoms with Gasteiger partial charge in [0.15, 0.2) is 0 Å². The van der Waals surface area contributed by atoms with Crippen LogP contribution in [0.25, 0.3) is 0 Å². The van der Waals surface area contributed by atoms with Crippen LogP contribution >= 0.6 is 11.8 Å². The van der Waals surface area contributed by atoms with Crippen molar-refractivity contribution in [2.45, 2.75) is 38.3 Å². The van der Waals surface area contributed by atoms with Crippen LogP contribution in [0.5, 0.6) is 0 Å². The molecule has 1 unspecified atom stereocenters. The average Bonchev–Trinajstić information content (AvgIpc) is 2.60. The molecule has 2 aromatic carbocycles. The van der Waals surface area contributed by atoms with E-state index in [0.717, 1.165) is 17.1 Å². The minimum atomic E-state index is -0.0815. The topological polar surface area (TPSA) is 41.1 Å². The third-order valence-corrected chi connectivity index (χ3v) is 4.94. The van der Waals surface area contributed by atoms with Crippen LogP contribution < -0.4 is 10.6 Å². The highest BCUT2D eigenvalue weighted by Crippen LogP contribution is 2.16. The fraction of sp³-hybridized carbons (Fsp3) is 0.350. The zero-order chi connectivity index (χ0) is 17.5. The van der Waals surface area contributed by atoms with Crippen molar-refractivity contribution in [2.24, 2.45) is 5.92 Å². The Labute approximate surface area is 149 Å². The second kappa shape index (κ2) is 8.90. The van der Waals surface area contributed by atoms with E-state index in [0.29, 0.717) is 17.5 Å². The molecule has 128 valence electrons. The normalized spacial score (nSPS) is 12.2. The summed E-state index contributed by atoms with van der Waals surface area (Å²) in [5.41, 5.74) is 2.70. The van der Waals surface area contributed by atoms with Gasteiger partial charge in [0.25, 0.3) is 5.91 Å². The number of rotatable bonds is 7. The van der Waals surface area contributed by atoms with E-state index < -0.39 is 0 Å². The molecule has 0 aromatic heterocycles. The van der Waals surface area contributed by atoms with E-state index >= 15 is 0 Å². The van der Waals surface area contributed by atoms with Crippen molar-refractivity contribution in [3.63, 3.8) is 0 Å². The Balaban J connectivity index is 1.91. The van der Waals surface area contributed by atoms with E-state index in [1.807, 2.05) is 54.8 Å². The maximum Gasteiger partial charge on any atom is 0.255 e. The van der Waals surface area contributed by atoms with Crippen LogP contribution in [0.4, 0.5) is 5.69 Å². The molecule has 4 heteroatoms. The Hall–Kier alpha value is -1.78. The van der Waals surface area contributed by atoms with E-state index in [1.54, 1.807) is 11.8 Å². The van der Waals surface area contributed by atoms with Crippen LogP contribution in [0.3, 0.4) is 0 Å². The Morgan fingerprint density at radius 3 is 2.17 bits per heavy atom. The molecular formula is C20H26N2OS. The number of carbonyl (C=O) groups excluding carboxylic acids is 1. The van der Waals surface area contributed by atoms with Crippen molar-refractivity contribution in [2.75, 3.05) is 11.6 Å². The van der Waals surface area contributed by atoms with E-state index in [-0.39, 0.29) is 5.91 Å². The minimum absolute atomic E-state index is 0.0815. The maximum atomic E-state index is 12.3. The van der Waals surface area contributed by atoms with Crippen LogP contribution in [0.1, 0.15) is 36.7 Å². The SMILES string of the molecule is CSc1ccc(C(=O)Nc2ccc(CNC(C)C(C)C)cc2)cc1. The number of hydrogen-bond acceptors (Lipinski definition) is 3. The minimum Gasteiger partial charge on any atom is -0.322 e. The van der Waals surface area contributed by atoms with Gasteiger partial charge in [0.1, 0.15) is 0 Å². The highest BCUT2D eigenvalue weighted by molar-refractivity contribution is 7.98. The predicted molar refractivity (Wildman–Crippen MR) is 104 cm³/mol. The second-order valence-corrected chi connectivity index (χ2v) is 7.17. The van der Waals surface area contributed by atoms with Gasteiger partial charge in [-0.3, -0.25) is 4.79 Å². The van der Waals surface area contributed by atoms with Crippen LogP contribution in [-0.2, 0) is 6.54 Å². The molecule has 0 aliphatic rings. The molecule has 2 rings (SSSR count). The van der Waals surface area contributed by atoms with E-state index in [9.17, 15) is 4.79 Å². The number of anilines is 1. The molecule has 2 aromatic rings. The van der Waals surface area contributed by atoms with E-state index in [2.05, 4.69) is 31.4 Å². The molecule has 1 atom stereocenters. The summed E-state index contributed by atoms with van der Waals surface area (Å²) >= 11 is 1.67. The van der Waals surface area contributed by atoms with Gasteiger partial charge in [0, 0.05) is 28.7 Å². The largest absolute Gasteiger partial charge is 0.322 e. The highest BCUT2D eigenvalue weighted by atomic mass is 32.2. The molecule has 1 amide bonds. The highest BCUT2D eigenvalue weighted by Gasteiger charge is 2.07. The van der Waals surface area contributed by atoms with Crippen molar-refractivity contribution in [3.05, 3.63) is 59.7 Å². The molecule has 0 spiro atoms. The van der Waals surface area contributed by atoms with Crippen molar-refractivity contribution < 1.29 is 4.79 Å². The van der Waals surface area contributed by atoms with E-state index in [1.165, 1.54) is 5.56 Å². The van der Waals surface area contributed by atoms with Gasteiger partial charge < -0.3 is 10.6 Å². The molecule has 0 bridgehead atoms. The Kier molecular flexibility index (Phi) is 6.88. The molecule has 2 N–H and O–H groups in total.